The summed E-state index contributed by atoms with van der Waals surface area (Å²) >= 11 is 3.45. The smallest absolute Gasteiger partial charge is 0.283 e. The van der Waals surface area contributed by atoms with Crippen LogP contribution in [0.15, 0.2) is 64.4 Å². The molecule has 0 saturated carbocycles. The van der Waals surface area contributed by atoms with E-state index in [-0.39, 0.29) is 5.56 Å². The van der Waals surface area contributed by atoms with Gasteiger partial charge in [0, 0.05) is 18.9 Å². The molecule has 5 aromatic rings. The number of H-pyrrole nitrogens is 1. The lowest BCUT2D eigenvalue weighted by Gasteiger charge is -2.24. The number of fused-ring (bicyclic) bond motifs is 2. The van der Waals surface area contributed by atoms with Crippen LogP contribution < -0.4 is 10.5 Å². The lowest BCUT2D eigenvalue weighted by molar-refractivity contribution is 0.684. The van der Waals surface area contributed by atoms with Crippen molar-refractivity contribution in [2.45, 2.75) is 13.5 Å². The first-order valence-electron chi connectivity index (χ1n) is 9.93. The van der Waals surface area contributed by atoms with Gasteiger partial charge in [0.05, 0.1) is 27.7 Å². The van der Waals surface area contributed by atoms with E-state index in [0.29, 0.717) is 51.3 Å². The van der Waals surface area contributed by atoms with Gasteiger partial charge in [-0.3, -0.25) is 9.36 Å². The number of anilines is 1. The summed E-state index contributed by atoms with van der Waals surface area (Å²) in [6.45, 7) is 2.87. The number of nitrogens with one attached hydrogen (secondary N) is 1. The number of para-hydroxylation sites is 1. The van der Waals surface area contributed by atoms with Gasteiger partial charge in [0.15, 0.2) is 5.82 Å². The van der Waals surface area contributed by atoms with Gasteiger partial charge in [0.25, 0.3) is 5.56 Å². The van der Waals surface area contributed by atoms with E-state index in [9.17, 15) is 10.1 Å². The highest BCUT2D eigenvalue weighted by atomic mass is 79.9. The van der Waals surface area contributed by atoms with E-state index in [1.54, 1.807) is 27.5 Å². The molecule has 1 N–H and O–H groups in total. The first-order valence-corrected chi connectivity index (χ1v) is 10.7. The van der Waals surface area contributed by atoms with E-state index in [0.717, 1.165) is 5.69 Å². The second-order valence-electron chi connectivity index (χ2n) is 7.10. The van der Waals surface area contributed by atoms with Crippen LogP contribution in [-0.4, -0.2) is 35.7 Å². The molecule has 0 radical (unpaired) electrons. The molecule has 9 nitrogen and oxygen atoms in total. The highest BCUT2D eigenvalue weighted by Gasteiger charge is 2.21. The topological polar surface area (TPSA) is 108 Å². The van der Waals surface area contributed by atoms with Crippen LogP contribution in [0.1, 0.15) is 18.3 Å². The standard InChI is InChI=1S/C22H17BrN8O/c1-2-29(21-18-14(10-24)11-25-20(18)26-13-27-21)12-17-28-30-9-8-16(23)19(30)22(32)31(17)15-6-4-3-5-7-15/h3-9,11,13H,2,12H2,1H3,(H,25,26,27). The number of benzene rings is 1. The van der Waals surface area contributed by atoms with Crippen molar-refractivity contribution in [3.8, 4) is 11.8 Å². The fourth-order valence-electron chi connectivity index (χ4n) is 3.80. The Morgan fingerprint density at radius 3 is 2.78 bits per heavy atom. The van der Waals surface area contributed by atoms with Crippen molar-refractivity contribution in [2.24, 2.45) is 0 Å². The zero-order valence-electron chi connectivity index (χ0n) is 17.0. The number of aromatic amines is 1. The van der Waals surface area contributed by atoms with Crippen LogP contribution in [-0.2, 0) is 6.54 Å². The molecular weight excluding hydrogens is 472 g/mol. The van der Waals surface area contributed by atoms with Gasteiger partial charge in [-0.25, -0.2) is 14.5 Å². The Morgan fingerprint density at radius 2 is 2.03 bits per heavy atom. The minimum absolute atomic E-state index is 0.179. The van der Waals surface area contributed by atoms with Crippen molar-refractivity contribution in [3.63, 3.8) is 0 Å². The van der Waals surface area contributed by atoms with Gasteiger partial charge in [0.1, 0.15) is 29.4 Å². The van der Waals surface area contributed by atoms with Crippen molar-refractivity contribution in [2.75, 3.05) is 11.4 Å². The summed E-state index contributed by atoms with van der Waals surface area (Å²) < 4.78 is 3.88. The second-order valence-corrected chi connectivity index (χ2v) is 7.95. The Labute approximate surface area is 190 Å². The fraction of sp³-hybridized carbons (Fsp3) is 0.136. The first kappa shape index (κ1) is 20.0. The highest BCUT2D eigenvalue weighted by Crippen LogP contribution is 2.27. The summed E-state index contributed by atoms with van der Waals surface area (Å²) in [5, 5.41) is 14.9. The minimum Gasteiger partial charge on any atom is -0.349 e. The Bertz CT molecular complexity index is 1540. The third kappa shape index (κ3) is 3.14. The van der Waals surface area contributed by atoms with Gasteiger partial charge in [-0.1, -0.05) is 18.2 Å². The maximum Gasteiger partial charge on any atom is 0.283 e. The molecule has 0 saturated heterocycles. The van der Waals surface area contributed by atoms with Crippen LogP contribution in [0.5, 0.6) is 0 Å². The quantitative estimate of drug-likeness (QED) is 0.406. The molecule has 0 amide bonds. The van der Waals surface area contributed by atoms with E-state index >= 15 is 0 Å². The molecule has 10 heteroatoms. The number of halogens is 1. The average Bonchev–Trinajstić information content (AvgIpc) is 3.41. The predicted octanol–water partition coefficient (Wildman–Crippen LogP) is 3.42. The fourth-order valence-corrected chi connectivity index (χ4v) is 4.27. The molecule has 0 bridgehead atoms. The molecule has 158 valence electrons. The predicted molar refractivity (Wildman–Crippen MR) is 124 cm³/mol. The number of nitriles is 1. The third-order valence-electron chi connectivity index (χ3n) is 5.30. The van der Waals surface area contributed by atoms with Crippen LogP contribution in [0.4, 0.5) is 5.82 Å². The molecule has 4 aromatic heterocycles. The summed E-state index contributed by atoms with van der Waals surface area (Å²) in [5.41, 5.74) is 2.05. The Balaban J connectivity index is 1.71. The summed E-state index contributed by atoms with van der Waals surface area (Å²) in [4.78, 5) is 27.2. The van der Waals surface area contributed by atoms with Gasteiger partial charge in [-0.05, 0) is 41.1 Å². The largest absolute Gasteiger partial charge is 0.349 e. The van der Waals surface area contributed by atoms with Crippen LogP contribution in [0.3, 0.4) is 0 Å². The first-order chi connectivity index (χ1) is 15.6. The van der Waals surface area contributed by atoms with Crippen LogP contribution >= 0.6 is 15.9 Å². The Morgan fingerprint density at radius 1 is 1.22 bits per heavy atom. The molecular formula is C22H17BrN8O. The van der Waals surface area contributed by atoms with Crippen molar-refractivity contribution >= 4 is 38.3 Å². The summed E-state index contributed by atoms with van der Waals surface area (Å²) in [7, 11) is 0. The monoisotopic (exact) mass is 488 g/mol. The van der Waals surface area contributed by atoms with E-state index in [1.165, 1.54) is 6.33 Å². The highest BCUT2D eigenvalue weighted by molar-refractivity contribution is 9.10. The zero-order chi connectivity index (χ0) is 22.2. The number of aromatic nitrogens is 6. The summed E-state index contributed by atoms with van der Waals surface area (Å²) in [6.07, 6.45) is 4.83. The summed E-state index contributed by atoms with van der Waals surface area (Å²) in [6, 6.07) is 13.4. The van der Waals surface area contributed by atoms with Crippen LogP contribution in [0.2, 0.25) is 0 Å². The van der Waals surface area contributed by atoms with E-state index < -0.39 is 0 Å². The number of hydrogen-bond donors (Lipinski definition) is 1. The molecule has 0 atom stereocenters. The van der Waals surface area contributed by atoms with E-state index in [1.807, 2.05) is 42.2 Å². The van der Waals surface area contributed by atoms with Crippen molar-refractivity contribution in [1.29, 1.82) is 5.26 Å². The molecule has 0 aliphatic rings. The van der Waals surface area contributed by atoms with Gasteiger partial charge in [0.2, 0.25) is 0 Å². The van der Waals surface area contributed by atoms with Crippen LogP contribution in [0.25, 0.3) is 22.2 Å². The molecule has 32 heavy (non-hydrogen) atoms. The molecule has 0 spiro atoms. The average molecular weight is 489 g/mol. The number of nitrogens with zero attached hydrogens (tertiary/aromatic N) is 7. The van der Waals surface area contributed by atoms with E-state index in [2.05, 4.69) is 37.0 Å². The minimum atomic E-state index is -0.179. The maximum absolute atomic E-state index is 13.5. The SMILES string of the molecule is CCN(Cc1nn2ccc(Br)c2c(=O)n1-c1ccccc1)c1ncnc2[nH]cc(C#N)c12. The lowest BCUT2D eigenvalue weighted by atomic mass is 10.2. The van der Waals surface area contributed by atoms with Gasteiger partial charge < -0.3 is 9.88 Å². The van der Waals surface area contributed by atoms with Gasteiger partial charge in [-0.2, -0.15) is 10.4 Å². The molecule has 0 aliphatic heterocycles. The van der Waals surface area contributed by atoms with Gasteiger partial charge >= 0.3 is 0 Å². The number of hydrogen-bond acceptors (Lipinski definition) is 6. The zero-order valence-corrected chi connectivity index (χ0v) is 18.6. The van der Waals surface area contributed by atoms with Crippen molar-refractivity contribution in [3.05, 3.63) is 81.3 Å². The van der Waals surface area contributed by atoms with E-state index in [4.69, 9.17) is 5.10 Å². The second kappa shape index (κ2) is 7.94. The number of rotatable bonds is 5. The third-order valence-corrected chi connectivity index (χ3v) is 5.94. The molecule has 1 aromatic carbocycles. The Hall–Kier alpha value is -3.97. The Kier molecular flexibility index (Phi) is 4.95. The lowest BCUT2D eigenvalue weighted by Crippen LogP contribution is -2.32. The van der Waals surface area contributed by atoms with Crippen molar-refractivity contribution < 1.29 is 0 Å². The normalized spacial score (nSPS) is 11.2. The van der Waals surface area contributed by atoms with Gasteiger partial charge in [-0.15, -0.1) is 0 Å². The van der Waals surface area contributed by atoms with Crippen molar-refractivity contribution in [1.82, 2.24) is 29.1 Å². The maximum atomic E-state index is 13.5. The molecule has 0 aliphatic carbocycles. The summed E-state index contributed by atoms with van der Waals surface area (Å²) in [5.74, 6) is 1.15. The molecule has 4 heterocycles. The molecule has 5 rings (SSSR count). The molecule has 0 fully saturated rings. The molecule has 0 unspecified atom stereocenters. The van der Waals surface area contributed by atoms with Crippen LogP contribution in [0, 0.1) is 11.3 Å².